The fraction of sp³-hybridized carbons (Fsp3) is 0.600. The van der Waals surface area contributed by atoms with E-state index in [1.165, 1.54) is 0 Å². The van der Waals surface area contributed by atoms with Crippen LogP contribution in [0.4, 0.5) is 0 Å². The largest absolute Gasteiger partial charge is 0.465 e. The predicted molar refractivity (Wildman–Crippen MR) is 51.4 cm³/mol. The second-order valence-corrected chi connectivity index (χ2v) is 3.31. The molecule has 0 fully saturated rings. The summed E-state index contributed by atoms with van der Waals surface area (Å²) in [6.45, 7) is 4.94. The number of aryl methyl sites for hydroxylation is 1. The van der Waals surface area contributed by atoms with Crippen molar-refractivity contribution in [2.24, 2.45) is 0 Å². The molecule has 1 aromatic rings. The number of nitrogens with one attached hydrogen (secondary N) is 1. The average Bonchev–Trinajstić information content (AvgIpc) is 2.49. The van der Waals surface area contributed by atoms with E-state index in [1.54, 1.807) is 0 Å². The molecule has 2 N–H and O–H groups in total. The van der Waals surface area contributed by atoms with Crippen molar-refractivity contribution in [3.05, 3.63) is 23.7 Å². The van der Waals surface area contributed by atoms with E-state index < -0.39 is 0 Å². The molecule has 1 heterocycles. The van der Waals surface area contributed by atoms with Crippen LogP contribution in [0.2, 0.25) is 0 Å². The van der Waals surface area contributed by atoms with Gasteiger partial charge in [-0.3, -0.25) is 0 Å². The van der Waals surface area contributed by atoms with Gasteiger partial charge in [0.25, 0.3) is 0 Å². The Bertz CT molecular complexity index is 245. The topological polar surface area (TPSA) is 45.4 Å². The molecular formula is C10H17NO2. The van der Waals surface area contributed by atoms with Gasteiger partial charge in [0, 0.05) is 12.6 Å². The highest BCUT2D eigenvalue weighted by Gasteiger charge is 2.02. The molecule has 0 aliphatic rings. The highest BCUT2D eigenvalue weighted by molar-refractivity contribution is 5.05. The van der Waals surface area contributed by atoms with Crippen molar-refractivity contribution in [1.29, 1.82) is 0 Å². The summed E-state index contributed by atoms with van der Waals surface area (Å²) < 4.78 is 5.39. The third-order valence-corrected chi connectivity index (χ3v) is 1.98. The van der Waals surface area contributed by atoms with Crippen LogP contribution in [0, 0.1) is 6.92 Å². The van der Waals surface area contributed by atoms with Crippen molar-refractivity contribution in [1.82, 2.24) is 5.32 Å². The minimum atomic E-state index is 0.228. The minimum absolute atomic E-state index is 0.228. The maximum absolute atomic E-state index is 8.67. The summed E-state index contributed by atoms with van der Waals surface area (Å²) in [5, 5.41) is 11.9. The molecule has 0 radical (unpaired) electrons. The van der Waals surface area contributed by atoms with Crippen LogP contribution in [-0.2, 0) is 6.54 Å². The van der Waals surface area contributed by atoms with Gasteiger partial charge in [-0.2, -0.15) is 0 Å². The molecule has 0 bridgehead atoms. The van der Waals surface area contributed by atoms with Crippen LogP contribution in [0.15, 0.2) is 16.5 Å². The van der Waals surface area contributed by atoms with E-state index in [-0.39, 0.29) is 6.61 Å². The lowest BCUT2D eigenvalue weighted by atomic mass is 10.2. The van der Waals surface area contributed by atoms with E-state index in [0.717, 1.165) is 24.5 Å². The molecule has 3 nitrogen and oxygen atoms in total. The number of aliphatic hydroxyl groups excluding tert-OH is 1. The summed E-state index contributed by atoms with van der Waals surface area (Å²) in [4.78, 5) is 0. The Balaban J connectivity index is 2.26. The molecule has 0 spiro atoms. The van der Waals surface area contributed by atoms with Gasteiger partial charge in [0.15, 0.2) is 0 Å². The van der Waals surface area contributed by atoms with Crippen LogP contribution in [0.5, 0.6) is 0 Å². The molecule has 0 aromatic carbocycles. The van der Waals surface area contributed by atoms with Crippen LogP contribution in [0.3, 0.4) is 0 Å². The van der Waals surface area contributed by atoms with Gasteiger partial charge in [-0.1, -0.05) is 0 Å². The first-order valence-corrected chi connectivity index (χ1v) is 4.62. The van der Waals surface area contributed by atoms with E-state index in [4.69, 9.17) is 9.52 Å². The number of rotatable bonds is 5. The van der Waals surface area contributed by atoms with Crippen LogP contribution < -0.4 is 5.32 Å². The third-order valence-electron chi connectivity index (χ3n) is 1.98. The Kier molecular flexibility index (Phi) is 3.99. The molecule has 1 rings (SSSR count). The summed E-state index contributed by atoms with van der Waals surface area (Å²) in [5.41, 5.74) is 0. The molecule has 0 amide bonds. The molecule has 13 heavy (non-hydrogen) atoms. The van der Waals surface area contributed by atoms with Crippen LogP contribution in [0.1, 0.15) is 24.9 Å². The first-order valence-electron chi connectivity index (χ1n) is 4.62. The summed E-state index contributed by atoms with van der Waals surface area (Å²) >= 11 is 0. The van der Waals surface area contributed by atoms with Crippen LogP contribution in [-0.4, -0.2) is 17.8 Å². The zero-order chi connectivity index (χ0) is 9.68. The van der Waals surface area contributed by atoms with Crippen molar-refractivity contribution in [2.75, 3.05) is 6.61 Å². The van der Waals surface area contributed by atoms with Gasteiger partial charge in [-0.15, -0.1) is 0 Å². The molecule has 74 valence electrons. The van der Waals surface area contributed by atoms with Crippen LogP contribution >= 0.6 is 0 Å². The van der Waals surface area contributed by atoms with Gasteiger partial charge >= 0.3 is 0 Å². The Morgan fingerprint density at radius 1 is 1.54 bits per heavy atom. The van der Waals surface area contributed by atoms with Crippen molar-refractivity contribution >= 4 is 0 Å². The maximum Gasteiger partial charge on any atom is 0.117 e. The number of aliphatic hydroxyl groups is 1. The smallest absolute Gasteiger partial charge is 0.117 e. The second kappa shape index (κ2) is 5.04. The Morgan fingerprint density at radius 3 is 2.85 bits per heavy atom. The zero-order valence-corrected chi connectivity index (χ0v) is 8.21. The Morgan fingerprint density at radius 2 is 2.31 bits per heavy atom. The van der Waals surface area contributed by atoms with E-state index in [0.29, 0.717) is 6.04 Å². The normalized spacial score (nSPS) is 13.2. The first-order chi connectivity index (χ1) is 6.22. The van der Waals surface area contributed by atoms with E-state index in [9.17, 15) is 0 Å². The van der Waals surface area contributed by atoms with Gasteiger partial charge < -0.3 is 14.8 Å². The Labute approximate surface area is 78.8 Å². The van der Waals surface area contributed by atoms with E-state index in [2.05, 4.69) is 5.32 Å². The average molecular weight is 183 g/mol. The minimum Gasteiger partial charge on any atom is -0.465 e. The summed E-state index contributed by atoms with van der Waals surface area (Å²) in [6, 6.07) is 4.25. The molecule has 1 unspecified atom stereocenters. The second-order valence-electron chi connectivity index (χ2n) is 3.31. The van der Waals surface area contributed by atoms with Gasteiger partial charge in [0.2, 0.25) is 0 Å². The highest BCUT2D eigenvalue weighted by atomic mass is 16.3. The summed E-state index contributed by atoms with van der Waals surface area (Å²) in [7, 11) is 0. The summed E-state index contributed by atoms with van der Waals surface area (Å²) in [6.07, 6.45) is 0.777. The van der Waals surface area contributed by atoms with Crippen molar-refractivity contribution in [3.8, 4) is 0 Å². The molecule has 0 aliphatic carbocycles. The Hall–Kier alpha value is -0.800. The monoisotopic (exact) mass is 183 g/mol. The lowest BCUT2D eigenvalue weighted by Crippen LogP contribution is -2.26. The van der Waals surface area contributed by atoms with E-state index in [1.807, 2.05) is 26.0 Å². The molecular weight excluding hydrogens is 166 g/mol. The predicted octanol–water partition coefficient (Wildman–Crippen LogP) is 1.45. The molecule has 0 saturated carbocycles. The zero-order valence-electron chi connectivity index (χ0n) is 8.21. The number of furan rings is 1. The van der Waals surface area contributed by atoms with Gasteiger partial charge in [-0.05, 0) is 32.4 Å². The lowest BCUT2D eigenvalue weighted by Gasteiger charge is -2.10. The van der Waals surface area contributed by atoms with E-state index >= 15 is 0 Å². The number of hydrogen-bond donors (Lipinski definition) is 2. The highest BCUT2D eigenvalue weighted by Crippen LogP contribution is 2.05. The molecule has 3 heteroatoms. The fourth-order valence-electron chi connectivity index (χ4n) is 1.15. The van der Waals surface area contributed by atoms with Crippen molar-refractivity contribution in [2.45, 2.75) is 32.9 Å². The van der Waals surface area contributed by atoms with Crippen LogP contribution in [0.25, 0.3) is 0 Å². The maximum atomic E-state index is 8.67. The van der Waals surface area contributed by atoms with Gasteiger partial charge in [-0.25, -0.2) is 0 Å². The van der Waals surface area contributed by atoms with Gasteiger partial charge in [0.05, 0.1) is 6.54 Å². The molecule has 1 aromatic heterocycles. The molecule has 1 atom stereocenters. The van der Waals surface area contributed by atoms with Crippen molar-refractivity contribution < 1.29 is 9.52 Å². The third kappa shape index (κ3) is 3.61. The fourth-order valence-corrected chi connectivity index (χ4v) is 1.15. The number of hydrogen-bond acceptors (Lipinski definition) is 3. The summed E-state index contributed by atoms with van der Waals surface area (Å²) in [5.74, 6) is 1.88. The standard InChI is InChI=1S/C10H17NO2/c1-8(5-6-12)11-7-10-4-3-9(2)13-10/h3-4,8,11-12H,5-7H2,1-2H3. The SMILES string of the molecule is Cc1ccc(CNC(C)CCO)o1. The van der Waals surface area contributed by atoms with Gasteiger partial charge in [0.1, 0.15) is 11.5 Å². The van der Waals surface area contributed by atoms with Crippen molar-refractivity contribution in [3.63, 3.8) is 0 Å². The molecule has 0 aliphatic heterocycles. The quantitative estimate of drug-likeness (QED) is 0.726. The molecule has 0 saturated heterocycles. The lowest BCUT2D eigenvalue weighted by molar-refractivity contribution is 0.267. The first kappa shape index (κ1) is 10.3.